The second-order valence-electron chi connectivity index (χ2n) is 6.46. The summed E-state index contributed by atoms with van der Waals surface area (Å²) in [4.78, 5) is 24.8. The maximum absolute atomic E-state index is 11.9. The van der Waals surface area contributed by atoms with Crippen LogP contribution in [-0.2, 0) is 4.74 Å². The molecular formula is C22H22N4O6S. The summed E-state index contributed by atoms with van der Waals surface area (Å²) < 4.78 is 20.2. The Balaban J connectivity index is 2.14. The van der Waals surface area contributed by atoms with Crippen molar-refractivity contribution in [2.75, 3.05) is 27.6 Å². The van der Waals surface area contributed by atoms with Crippen LogP contribution in [-0.4, -0.2) is 59.7 Å². The fourth-order valence-corrected chi connectivity index (χ4v) is 3.34. The Hall–Kier alpha value is -3.86. The fraction of sp³-hybridized carbons (Fsp3) is 0.227. The maximum atomic E-state index is 11.9. The second-order valence-corrected chi connectivity index (χ2v) is 7.26. The van der Waals surface area contributed by atoms with Crippen LogP contribution in [0.15, 0.2) is 50.9 Å². The molecule has 3 aromatic rings. The third kappa shape index (κ3) is 5.50. The van der Waals surface area contributed by atoms with E-state index in [0.29, 0.717) is 33.7 Å². The van der Waals surface area contributed by atoms with Gasteiger partial charge in [-0.1, -0.05) is 5.16 Å². The van der Waals surface area contributed by atoms with Crippen molar-refractivity contribution in [1.29, 1.82) is 0 Å². The van der Waals surface area contributed by atoms with E-state index in [1.807, 2.05) is 0 Å². The van der Waals surface area contributed by atoms with Gasteiger partial charge in [0.15, 0.2) is 11.5 Å². The van der Waals surface area contributed by atoms with Crippen LogP contribution in [0.1, 0.15) is 11.5 Å². The number of phenolic OH excluding ortho intramolecular Hbond substituents is 1. The molecule has 0 fully saturated rings. The molecule has 0 aliphatic carbocycles. The fourth-order valence-electron chi connectivity index (χ4n) is 2.82. The number of ether oxygens (including phenoxy) is 3. The first-order valence-electron chi connectivity index (χ1n) is 9.56. The molecule has 2 aromatic carbocycles. The number of rotatable bonds is 6. The number of nitrogens with zero attached hydrogens (tertiary/aromatic N) is 4. The quantitative estimate of drug-likeness (QED) is 0.411. The van der Waals surface area contributed by atoms with Crippen LogP contribution in [0.2, 0.25) is 0 Å². The molecule has 0 atom stereocenters. The van der Waals surface area contributed by atoms with Crippen LogP contribution in [0, 0.1) is 6.92 Å². The first-order valence-corrected chi connectivity index (χ1v) is 10.8. The number of thioether (sulfide) groups is 1. The molecule has 1 aromatic heterocycles. The first-order chi connectivity index (χ1) is 15.9. The molecule has 0 bridgehead atoms. The van der Waals surface area contributed by atoms with Gasteiger partial charge in [0.05, 0.1) is 27.0 Å². The van der Waals surface area contributed by atoms with E-state index in [4.69, 9.17) is 19.0 Å². The second kappa shape index (κ2) is 10.6. The minimum atomic E-state index is -0.771. The summed E-state index contributed by atoms with van der Waals surface area (Å²) in [6.07, 6.45) is 0.987. The van der Waals surface area contributed by atoms with E-state index in [1.165, 1.54) is 33.1 Å². The molecule has 33 heavy (non-hydrogen) atoms. The summed E-state index contributed by atoms with van der Waals surface area (Å²) in [5.41, 5.74) is 2.20. The summed E-state index contributed by atoms with van der Waals surface area (Å²) in [6, 6.07) is 10.3. The minimum absolute atomic E-state index is 0.154. The minimum Gasteiger partial charge on any atom is -0.502 e. The zero-order chi connectivity index (χ0) is 24.0. The Morgan fingerprint density at radius 1 is 1.09 bits per heavy atom. The molecule has 0 aliphatic heterocycles. The predicted molar refractivity (Wildman–Crippen MR) is 125 cm³/mol. The molecule has 11 heteroatoms. The van der Waals surface area contributed by atoms with E-state index >= 15 is 0 Å². The molecule has 0 saturated carbocycles. The van der Waals surface area contributed by atoms with E-state index < -0.39 is 6.09 Å². The Kier molecular flexibility index (Phi) is 7.67. The van der Waals surface area contributed by atoms with Crippen LogP contribution in [0.25, 0.3) is 11.4 Å². The molecule has 1 heterocycles. The highest BCUT2D eigenvalue weighted by molar-refractivity contribution is 8.15. The third-order valence-electron chi connectivity index (χ3n) is 4.41. The van der Waals surface area contributed by atoms with Gasteiger partial charge in [0.2, 0.25) is 17.5 Å². The topological polar surface area (TPSA) is 129 Å². The lowest BCUT2D eigenvalue weighted by atomic mass is 10.1. The zero-order valence-electron chi connectivity index (χ0n) is 18.6. The van der Waals surface area contributed by atoms with Gasteiger partial charge in [-0.05, 0) is 42.7 Å². The van der Waals surface area contributed by atoms with Crippen molar-refractivity contribution < 1.29 is 28.6 Å². The van der Waals surface area contributed by atoms with Crippen molar-refractivity contribution in [1.82, 2.24) is 10.1 Å². The van der Waals surface area contributed by atoms with Crippen molar-refractivity contribution in [2.45, 2.75) is 6.92 Å². The largest absolute Gasteiger partial charge is 0.502 e. The van der Waals surface area contributed by atoms with Crippen molar-refractivity contribution in [3.63, 3.8) is 0 Å². The highest BCUT2D eigenvalue weighted by atomic mass is 32.2. The molecule has 0 aliphatic rings. The van der Waals surface area contributed by atoms with Gasteiger partial charge in [-0.25, -0.2) is 9.79 Å². The van der Waals surface area contributed by atoms with Crippen molar-refractivity contribution in [3.05, 3.63) is 47.9 Å². The maximum Gasteiger partial charge on any atom is 0.434 e. The molecule has 10 nitrogen and oxygen atoms in total. The molecule has 0 radical (unpaired) electrons. The summed E-state index contributed by atoms with van der Waals surface area (Å²) in [6.45, 7) is 1.71. The Labute approximate surface area is 194 Å². The summed E-state index contributed by atoms with van der Waals surface area (Å²) in [5.74, 6) is 1.14. The molecule has 0 spiro atoms. The van der Waals surface area contributed by atoms with E-state index in [9.17, 15) is 9.90 Å². The van der Waals surface area contributed by atoms with Gasteiger partial charge in [0.1, 0.15) is 10.8 Å². The van der Waals surface area contributed by atoms with Gasteiger partial charge in [-0.3, -0.25) is 0 Å². The molecule has 0 saturated heterocycles. The van der Waals surface area contributed by atoms with Gasteiger partial charge in [0, 0.05) is 18.1 Å². The highest BCUT2D eigenvalue weighted by Crippen LogP contribution is 2.38. The molecule has 1 amide bonds. The number of carbonyl (C=O) groups is 1. The number of aromatic hydroxyl groups is 1. The molecule has 3 rings (SSSR count). The number of aliphatic imine (C=N–C) groups is 2. The lowest BCUT2D eigenvalue weighted by Gasteiger charge is -2.14. The number of phenols is 1. The summed E-state index contributed by atoms with van der Waals surface area (Å²) >= 11 is 1.21. The first kappa shape index (κ1) is 23.8. The van der Waals surface area contributed by atoms with Gasteiger partial charge >= 0.3 is 6.09 Å². The monoisotopic (exact) mass is 470 g/mol. The smallest absolute Gasteiger partial charge is 0.434 e. The predicted octanol–water partition coefficient (Wildman–Crippen LogP) is 4.42. The number of amides is 1. The Morgan fingerprint density at radius 3 is 2.21 bits per heavy atom. The third-order valence-corrected chi connectivity index (χ3v) is 5.08. The number of benzene rings is 2. The Bertz CT molecular complexity index is 1180. The summed E-state index contributed by atoms with van der Waals surface area (Å²) in [7, 11) is 4.09. The van der Waals surface area contributed by atoms with Gasteiger partial charge in [0.25, 0.3) is 0 Å². The average molecular weight is 471 g/mol. The number of methoxy groups -OCH3 is 3. The van der Waals surface area contributed by atoms with Crippen molar-refractivity contribution in [3.8, 4) is 28.6 Å². The molecular weight excluding hydrogens is 448 g/mol. The van der Waals surface area contributed by atoms with E-state index in [2.05, 4.69) is 19.9 Å². The van der Waals surface area contributed by atoms with Crippen LogP contribution < -0.4 is 9.47 Å². The molecule has 1 N–H and O–H groups in total. The standard InChI is InChI=1S/C22H22N4O6S/c1-12-23-20(26-32-12)13-6-8-15(9-7-13)24-18(21(33-5)25-22(28)31-4)14-10-16(29-2)19(27)17(11-14)30-3/h6-11,27H,1-5H3/b24-18-,25-21-. The lowest BCUT2D eigenvalue weighted by molar-refractivity contribution is 0.183. The van der Waals surface area contributed by atoms with E-state index in [1.54, 1.807) is 49.6 Å². The number of aromatic nitrogens is 2. The van der Waals surface area contributed by atoms with Crippen LogP contribution >= 0.6 is 11.8 Å². The SMILES string of the molecule is COC(=O)/N=C(SC)/C(=N\c1ccc(-c2noc(C)n2)cc1)c1cc(OC)c(O)c(OC)c1. The van der Waals surface area contributed by atoms with Gasteiger partial charge in [-0.2, -0.15) is 9.98 Å². The number of aryl methyl sites for hydroxylation is 1. The molecule has 172 valence electrons. The number of hydrogen-bond acceptors (Lipinski definition) is 10. The number of carbonyl (C=O) groups excluding carboxylic acids is 1. The highest BCUT2D eigenvalue weighted by Gasteiger charge is 2.19. The van der Waals surface area contributed by atoms with E-state index in [0.717, 1.165) is 5.56 Å². The summed E-state index contributed by atoms with van der Waals surface area (Å²) in [5, 5.41) is 14.5. The van der Waals surface area contributed by atoms with E-state index in [-0.39, 0.29) is 17.2 Å². The normalized spacial score (nSPS) is 11.9. The van der Waals surface area contributed by atoms with Crippen molar-refractivity contribution >= 4 is 34.3 Å². The van der Waals surface area contributed by atoms with Crippen LogP contribution in [0.5, 0.6) is 17.2 Å². The average Bonchev–Trinajstić information content (AvgIpc) is 3.27. The zero-order valence-corrected chi connectivity index (χ0v) is 19.5. The Morgan fingerprint density at radius 2 is 1.73 bits per heavy atom. The number of hydrogen-bond donors (Lipinski definition) is 1. The van der Waals surface area contributed by atoms with Crippen LogP contribution in [0.3, 0.4) is 0 Å². The van der Waals surface area contributed by atoms with Gasteiger partial charge in [-0.15, -0.1) is 11.8 Å². The lowest BCUT2D eigenvalue weighted by Crippen LogP contribution is -2.15. The van der Waals surface area contributed by atoms with Gasteiger partial charge < -0.3 is 23.8 Å². The van der Waals surface area contributed by atoms with Crippen molar-refractivity contribution in [2.24, 2.45) is 9.98 Å². The van der Waals surface area contributed by atoms with Crippen LogP contribution in [0.4, 0.5) is 10.5 Å². The molecule has 0 unspecified atom stereocenters.